The summed E-state index contributed by atoms with van der Waals surface area (Å²) in [4.78, 5) is 28.9. The maximum absolute atomic E-state index is 12.9. The number of halogens is 1. The third-order valence-electron chi connectivity index (χ3n) is 5.51. The van der Waals surface area contributed by atoms with E-state index >= 15 is 0 Å². The van der Waals surface area contributed by atoms with Crippen molar-refractivity contribution in [1.82, 2.24) is 9.80 Å². The smallest absolute Gasteiger partial charge is 0.225 e. The van der Waals surface area contributed by atoms with E-state index in [0.717, 1.165) is 38.8 Å². The molecule has 0 radical (unpaired) electrons. The molecule has 2 aliphatic rings. The van der Waals surface area contributed by atoms with Gasteiger partial charge in [0.2, 0.25) is 11.8 Å². The third-order valence-corrected chi connectivity index (χ3v) is 5.51. The van der Waals surface area contributed by atoms with Crippen LogP contribution < -0.4 is 4.74 Å². The van der Waals surface area contributed by atoms with E-state index in [1.165, 1.54) is 25.0 Å². The fourth-order valence-corrected chi connectivity index (χ4v) is 3.87. The highest BCUT2D eigenvalue weighted by Gasteiger charge is 2.30. The number of benzene rings is 1. The highest BCUT2D eigenvalue weighted by Crippen LogP contribution is 2.22. The number of piperidine rings is 1. The lowest BCUT2D eigenvalue weighted by molar-refractivity contribution is -0.141. The summed E-state index contributed by atoms with van der Waals surface area (Å²) in [5, 5.41) is 0. The molecule has 1 aromatic rings. The summed E-state index contributed by atoms with van der Waals surface area (Å²) >= 11 is 0. The van der Waals surface area contributed by atoms with E-state index in [4.69, 9.17) is 4.74 Å². The van der Waals surface area contributed by atoms with Crippen molar-refractivity contribution in [2.45, 2.75) is 44.9 Å². The molecule has 5 nitrogen and oxygen atoms in total. The van der Waals surface area contributed by atoms with Crippen LogP contribution in [0.1, 0.15) is 44.9 Å². The zero-order valence-corrected chi connectivity index (χ0v) is 15.9. The first kappa shape index (κ1) is 19.6. The van der Waals surface area contributed by atoms with E-state index in [-0.39, 0.29) is 30.2 Å². The van der Waals surface area contributed by atoms with Gasteiger partial charge in [-0.3, -0.25) is 9.59 Å². The van der Waals surface area contributed by atoms with E-state index in [1.54, 1.807) is 12.1 Å². The summed E-state index contributed by atoms with van der Waals surface area (Å²) in [5.74, 6) is 0.644. The van der Waals surface area contributed by atoms with Gasteiger partial charge in [0.15, 0.2) is 0 Å². The van der Waals surface area contributed by atoms with Crippen molar-refractivity contribution in [3.63, 3.8) is 0 Å². The lowest BCUT2D eigenvalue weighted by atomic mass is 9.95. The maximum atomic E-state index is 12.9. The van der Waals surface area contributed by atoms with Crippen LogP contribution in [-0.2, 0) is 9.59 Å². The van der Waals surface area contributed by atoms with Crippen LogP contribution in [0.25, 0.3) is 0 Å². The van der Waals surface area contributed by atoms with E-state index in [1.807, 2.05) is 9.80 Å². The van der Waals surface area contributed by atoms with E-state index in [0.29, 0.717) is 25.3 Å². The summed E-state index contributed by atoms with van der Waals surface area (Å²) in [6, 6.07) is 5.78. The minimum atomic E-state index is -0.309. The van der Waals surface area contributed by atoms with E-state index in [9.17, 15) is 14.0 Å². The van der Waals surface area contributed by atoms with Crippen molar-refractivity contribution in [2.24, 2.45) is 5.92 Å². The molecule has 2 saturated heterocycles. The number of hydrogen-bond acceptors (Lipinski definition) is 3. The molecule has 1 aromatic carbocycles. The number of nitrogens with zero attached hydrogens (tertiary/aromatic N) is 2. The lowest BCUT2D eigenvalue weighted by Gasteiger charge is -2.34. The molecule has 0 N–H and O–H groups in total. The Labute approximate surface area is 160 Å². The first-order valence-corrected chi connectivity index (χ1v) is 10.1. The lowest BCUT2D eigenvalue weighted by Crippen LogP contribution is -2.44. The van der Waals surface area contributed by atoms with Crippen molar-refractivity contribution >= 4 is 11.8 Å². The second-order valence-electron chi connectivity index (χ2n) is 7.45. The molecule has 148 valence electrons. The molecule has 0 atom stereocenters. The van der Waals surface area contributed by atoms with Gasteiger partial charge in [0.1, 0.15) is 11.6 Å². The molecule has 0 bridgehead atoms. The second-order valence-corrected chi connectivity index (χ2v) is 7.45. The van der Waals surface area contributed by atoms with Gasteiger partial charge < -0.3 is 14.5 Å². The number of rotatable bonds is 5. The predicted molar refractivity (Wildman–Crippen MR) is 101 cm³/mol. The molecule has 2 aliphatic heterocycles. The highest BCUT2D eigenvalue weighted by molar-refractivity contribution is 5.80. The van der Waals surface area contributed by atoms with Crippen molar-refractivity contribution in [3.05, 3.63) is 30.1 Å². The largest absolute Gasteiger partial charge is 0.493 e. The minimum Gasteiger partial charge on any atom is -0.493 e. The maximum Gasteiger partial charge on any atom is 0.225 e. The van der Waals surface area contributed by atoms with Crippen molar-refractivity contribution in [2.75, 3.05) is 32.8 Å². The topological polar surface area (TPSA) is 49.9 Å². The molecule has 2 amide bonds. The Morgan fingerprint density at radius 3 is 2.19 bits per heavy atom. The second kappa shape index (κ2) is 9.72. The first-order chi connectivity index (χ1) is 13.1. The Kier molecular flexibility index (Phi) is 7.07. The summed E-state index contributed by atoms with van der Waals surface area (Å²) in [6.07, 6.45) is 6.45. The van der Waals surface area contributed by atoms with Gasteiger partial charge in [-0.25, -0.2) is 4.39 Å². The number of hydrogen-bond donors (Lipinski definition) is 0. The number of carbonyl (C=O) groups excluding carboxylic acids is 2. The molecule has 0 aromatic heterocycles. The molecule has 3 rings (SSSR count). The van der Waals surface area contributed by atoms with Crippen LogP contribution in [0.2, 0.25) is 0 Å². The van der Waals surface area contributed by atoms with E-state index in [2.05, 4.69) is 0 Å². The summed E-state index contributed by atoms with van der Waals surface area (Å²) in [7, 11) is 0. The Morgan fingerprint density at radius 1 is 0.926 bits per heavy atom. The number of ether oxygens (including phenoxy) is 1. The minimum absolute atomic E-state index is 0.0535. The average molecular weight is 376 g/mol. The van der Waals surface area contributed by atoms with Crippen LogP contribution in [0.4, 0.5) is 4.39 Å². The van der Waals surface area contributed by atoms with Gasteiger partial charge in [0.05, 0.1) is 13.0 Å². The quantitative estimate of drug-likeness (QED) is 0.793. The van der Waals surface area contributed by atoms with Crippen LogP contribution in [0.3, 0.4) is 0 Å². The average Bonchev–Trinajstić information content (AvgIpc) is 2.98. The van der Waals surface area contributed by atoms with Crippen molar-refractivity contribution in [1.29, 1.82) is 0 Å². The van der Waals surface area contributed by atoms with Crippen molar-refractivity contribution < 1.29 is 18.7 Å². The molecular formula is C21H29FN2O3. The van der Waals surface area contributed by atoms with Crippen LogP contribution >= 0.6 is 0 Å². The van der Waals surface area contributed by atoms with Gasteiger partial charge in [0, 0.05) is 32.1 Å². The molecular weight excluding hydrogens is 347 g/mol. The molecule has 27 heavy (non-hydrogen) atoms. The number of carbonyl (C=O) groups is 2. The fraction of sp³-hybridized carbons (Fsp3) is 0.619. The van der Waals surface area contributed by atoms with E-state index < -0.39 is 0 Å². The Morgan fingerprint density at radius 2 is 1.56 bits per heavy atom. The van der Waals surface area contributed by atoms with Crippen LogP contribution in [0.5, 0.6) is 5.75 Å². The number of likely N-dealkylation sites (tertiary alicyclic amines) is 2. The highest BCUT2D eigenvalue weighted by atomic mass is 19.1. The van der Waals surface area contributed by atoms with Crippen LogP contribution in [-0.4, -0.2) is 54.4 Å². The van der Waals surface area contributed by atoms with Gasteiger partial charge in [-0.1, -0.05) is 12.8 Å². The molecule has 2 heterocycles. The van der Waals surface area contributed by atoms with Crippen LogP contribution in [0, 0.1) is 11.7 Å². The summed E-state index contributed by atoms with van der Waals surface area (Å²) in [6.45, 7) is 3.33. The standard InChI is InChI=1S/C21H29FN2O3/c22-18-5-7-19(8-6-18)27-16-11-20(25)23-14-9-17(10-15-23)21(26)24-12-3-1-2-4-13-24/h5-8,17H,1-4,9-16H2. The number of amides is 2. The van der Waals surface area contributed by atoms with Gasteiger partial charge >= 0.3 is 0 Å². The zero-order chi connectivity index (χ0) is 19.1. The van der Waals surface area contributed by atoms with Crippen LogP contribution in [0.15, 0.2) is 24.3 Å². The SMILES string of the molecule is O=C(CCOc1ccc(F)cc1)N1CCC(C(=O)N2CCCCCC2)CC1. The molecule has 0 unspecified atom stereocenters. The summed E-state index contributed by atoms with van der Waals surface area (Å²) in [5.41, 5.74) is 0. The molecule has 0 aliphatic carbocycles. The summed E-state index contributed by atoms with van der Waals surface area (Å²) < 4.78 is 18.4. The van der Waals surface area contributed by atoms with Gasteiger partial charge in [-0.15, -0.1) is 0 Å². The third kappa shape index (κ3) is 5.68. The molecule has 2 fully saturated rings. The Bertz CT molecular complexity index is 619. The first-order valence-electron chi connectivity index (χ1n) is 10.1. The van der Waals surface area contributed by atoms with Gasteiger partial charge in [-0.05, 0) is 49.9 Å². The Balaban J connectivity index is 1.38. The molecule has 0 spiro atoms. The van der Waals surface area contributed by atoms with Gasteiger partial charge in [-0.2, -0.15) is 0 Å². The normalized spacial score (nSPS) is 18.9. The zero-order valence-electron chi connectivity index (χ0n) is 15.9. The van der Waals surface area contributed by atoms with Crippen molar-refractivity contribution in [3.8, 4) is 5.75 Å². The van der Waals surface area contributed by atoms with Gasteiger partial charge in [0.25, 0.3) is 0 Å². The fourth-order valence-electron chi connectivity index (χ4n) is 3.87. The predicted octanol–water partition coefficient (Wildman–Crippen LogP) is 3.24. The molecule has 0 saturated carbocycles. The molecule has 6 heteroatoms. The monoisotopic (exact) mass is 376 g/mol. The Hall–Kier alpha value is -2.11.